The van der Waals surface area contributed by atoms with Gasteiger partial charge in [0.2, 0.25) is 0 Å². The lowest BCUT2D eigenvalue weighted by Crippen LogP contribution is -2.49. The molecule has 3 heteroatoms. The van der Waals surface area contributed by atoms with Gasteiger partial charge in [0.1, 0.15) is 0 Å². The first-order valence-electron chi connectivity index (χ1n) is 8.50. The minimum Gasteiger partial charge on any atom is -0.383 e. The maximum atomic E-state index is 5.35. The van der Waals surface area contributed by atoms with E-state index in [1.807, 2.05) is 0 Å². The molecule has 3 unspecified atom stereocenters. The van der Waals surface area contributed by atoms with Gasteiger partial charge >= 0.3 is 0 Å². The zero-order chi connectivity index (χ0) is 15.0. The molecule has 3 atom stereocenters. The topological polar surface area (TPSA) is 24.5 Å². The highest BCUT2D eigenvalue weighted by atomic mass is 16.5. The molecule has 120 valence electrons. The van der Waals surface area contributed by atoms with Crippen LogP contribution < -0.4 is 5.32 Å². The van der Waals surface area contributed by atoms with Crippen molar-refractivity contribution in [2.45, 2.75) is 59.4 Å². The molecule has 0 spiro atoms. The van der Waals surface area contributed by atoms with Crippen LogP contribution in [-0.4, -0.2) is 50.8 Å². The normalized spacial score (nSPS) is 28.8. The number of nitrogens with zero attached hydrogens (tertiary/aromatic N) is 1. The lowest BCUT2D eigenvalue weighted by Gasteiger charge is -2.45. The highest BCUT2D eigenvalue weighted by molar-refractivity contribution is 4.90. The van der Waals surface area contributed by atoms with E-state index in [0.717, 1.165) is 25.6 Å². The van der Waals surface area contributed by atoms with Crippen LogP contribution in [-0.2, 0) is 4.74 Å². The maximum absolute atomic E-state index is 5.35. The van der Waals surface area contributed by atoms with Crippen molar-refractivity contribution in [3.63, 3.8) is 0 Å². The van der Waals surface area contributed by atoms with Crippen LogP contribution in [0, 0.1) is 11.3 Å². The second-order valence-corrected chi connectivity index (χ2v) is 6.85. The molecule has 1 saturated carbocycles. The van der Waals surface area contributed by atoms with Crippen LogP contribution in [0.15, 0.2) is 0 Å². The lowest BCUT2D eigenvalue weighted by atomic mass is 9.69. The van der Waals surface area contributed by atoms with E-state index >= 15 is 0 Å². The van der Waals surface area contributed by atoms with Crippen LogP contribution in [0.1, 0.15) is 53.4 Å². The van der Waals surface area contributed by atoms with Crippen LogP contribution in [0.2, 0.25) is 0 Å². The fourth-order valence-corrected chi connectivity index (χ4v) is 3.88. The fourth-order valence-electron chi connectivity index (χ4n) is 3.88. The smallest absolute Gasteiger partial charge is 0.0615 e. The van der Waals surface area contributed by atoms with E-state index in [-0.39, 0.29) is 0 Å². The first kappa shape index (κ1) is 17.9. The second kappa shape index (κ2) is 9.01. The summed E-state index contributed by atoms with van der Waals surface area (Å²) in [4.78, 5) is 2.61. The molecular formula is C17H36N2O. The van der Waals surface area contributed by atoms with Gasteiger partial charge in [0.15, 0.2) is 0 Å². The summed E-state index contributed by atoms with van der Waals surface area (Å²) in [5.74, 6) is 0.874. The van der Waals surface area contributed by atoms with Crippen molar-refractivity contribution in [2.75, 3.05) is 39.9 Å². The Morgan fingerprint density at radius 1 is 1.40 bits per heavy atom. The number of methoxy groups -OCH3 is 1. The standard InChI is InChI=1S/C17H36N2O/c1-6-18-13-17(10-8-9-15(3)11-17)14-19(7-2)16(4)12-20-5/h15-16,18H,6-14H2,1-5H3. The molecule has 3 nitrogen and oxygen atoms in total. The molecule has 0 aromatic carbocycles. The number of ether oxygens (including phenoxy) is 1. The van der Waals surface area contributed by atoms with Gasteiger partial charge in [0, 0.05) is 26.2 Å². The largest absolute Gasteiger partial charge is 0.383 e. The molecule has 1 aliphatic carbocycles. The summed E-state index contributed by atoms with van der Waals surface area (Å²) >= 11 is 0. The van der Waals surface area contributed by atoms with E-state index in [4.69, 9.17) is 4.74 Å². The van der Waals surface area contributed by atoms with Crippen LogP contribution in [0.3, 0.4) is 0 Å². The third-order valence-corrected chi connectivity index (χ3v) is 4.91. The molecular weight excluding hydrogens is 248 g/mol. The van der Waals surface area contributed by atoms with Crippen molar-refractivity contribution in [2.24, 2.45) is 11.3 Å². The predicted molar refractivity (Wildman–Crippen MR) is 87.2 cm³/mol. The Kier molecular flexibility index (Phi) is 8.08. The van der Waals surface area contributed by atoms with Gasteiger partial charge in [0.25, 0.3) is 0 Å². The maximum Gasteiger partial charge on any atom is 0.0615 e. The Hall–Kier alpha value is -0.120. The van der Waals surface area contributed by atoms with Gasteiger partial charge in [-0.25, -0.2) is 0 Å². The molecule has 0 amide bonds. The van der Waals surface area contributed by atoms with Gasteiger partial charge in [-0.2, -0.15) is 0 Å². The lowest BCUT2D eigenvalue weighted by molar-refractivity contribution is 0.0380. The van der Waals surface area contributed by atoms with Gasteiger partial charge < -0.3 is 10.1 Å². The summed E-state index contributed by atoms with van der Waals surface area (Å²) in [6.45, 7) is 14.6. The van der Waals surface area contributed by atoms with E-state index in [0.29, 0.717) is 11.5 Å². The van der Waals surface area contributed by atoms with E-state index in [1.165, 1.54) is 38.8 Å². The molecule has 0 bridgehead atoms. The van der Waals surface area contributed by atoms with Crippen LogP contribution in [0.4, 0.5) is 0 Å². The number of nitrogens with one attached hydrogen (secondary N) is 1. The molecule has 1 rings (SSSR count). The minimum atomic E-state index is 0.464. The van der Waals surface area contributed by atoms with Crippen molar-refractivity contribution < 1.29 is 4.74 Å². The summed E-state index contributed by atoms with van der Waals surface area (Å²) in [5, 5.41) is 3.62. The van der Waals surface area contributed by atoms with Crippen LogP contribution in [0.5, 0.6) is 0 Å². The zero-order valence-corrected chi connectivity index (χ0v) is 14.4. The molecule has 0 aromatic heterocycles. The molecule has 0 aromatic rings. The summed E-state index contributed by atoms with van der Waals surface area (Å²) < 4.78 is 5.35. The molecule has 20 heavy (non-hydrogen) atoms. The van der Waals surface area contributed by atoms with E-state index < -0.39 is 0 Å². The summed E-state index contributed by atoms with van der Waals surface area (Å²) in [5.41, 5.74) is 0.464. The van der Waals surface area contributed by atoms with Crippen LogP contribution >= 0.6 is 0 Å². The van der Waals surface area contributed by atoms with Gasteiger partial charge in [0.05, 0.1) is 6.61 Å². The summed E-state index contributed by atoms with van der Waals surface area (Å²) in [6, 6.07) is 0.515. The molecule has 0 radical (unpaired) electrons. The highest BCUT2D eigenvalue weighted by Gasteiger charge is 2.36. The third kappa shape index (κ3) is 5.34. The SMILES string of the molecule is CCNCC1(CN(CC)C(C)COC)CCCC(C)C1. The number of likely N-dealkylation sites (N-methyl/N-ethyl adjacent to an activating group) is 1. The fraction of sp³-hybridized carbons (Fsp3) is 1.00. The van der Waals surface area contributed by atoms with E-state index in [1.54, 1.807) is 7.11 Å². The number of hydrogen-bond acceptors (Lipinski definition) is 3. The Morgan fingerprint density at radius 3 is 2.70 bits per heavy atom. The van der Waals surface area contributed by atoms with Crippen molar-refractivity contribution in [3.05, 3.63) is 0 Å². The molecule has 0 saturated heterocycles. The monoisotopic (exact) mass is 284 g/mol. The van der Waals surface area contributed by atoms with Gasteiger partial charge in [-0.05, 0) is 44.2 Å². The first-order valence-corrected chi connectivity index (χ1v) is 8.50. The zero-order valence-electron chi connectivity index (χ0n) is 14.4. The average Bonchev–Trinajstić information content (AvgIpc) is 2.43. The summed E-state index contributed by atoms with van der Waals surface area (Å²) in [7, 11) is 1.81. The van der Waals surface area contributed by atoms with Gasteiger partial charge in [-0.3, -0.25) is 4.90 Å². The molecule has 1 fully saturated rings. The van der Waals surface area contributed by atoms with E-state index in [2.05, 4.69) is 37.9 Å². The molecule has 1 N–H and O–H groups in total. The Morgan fingerprint density at radius 2 is 2.15 bits per heavy atom. The Bertz CT molecular complexity index is 259. The van der Waals surface area contributed by atoms with Gasteiger partial charge in [-0.15, -0.1) is 0 Å². The number of rotatable bonds is 9. The number of hydrogen-bond donors (Lipinski definition) is 1. The molecule has 0 heterocycles. The second-order valence-electron chi connectivity index (χ2n) is 6.85. The van der Waals surface area contributed by atoms with Crippen molar-refractivity contribution in [1.82, 2.24) is 10.2 Å². The van der Waals surface area contributed by atoms with E-state index in [9.17, 15) is 0 Å². The van der Waals surface area contributed by atoms with Crippen molar-refractivity contribution in [3.8, 4) is 0 Å². The van der Waals surface area contributed by atoms with Crippen molar-refractivity contribution in [1.29, 1.82) is 0 Å². The minimum absolute atomic E-state index is 0.464. The first-order chi connectivity index (χ1) is 9.56. The quantitative estimate of drug-likeness (QED) is 0.704. The molecule has 1 aliphatic rings. The molecule has 0 aliphatic heterocycles. The predicted octanol–water partition coefficient (Wildman–Crippen LogP) is 3.15. The Labute approximate surface area is 126 Å². The summed E-state index contributed by atoms with van der Waals surface area (Å²) in [6.07, 6.45) is 5.55. The average molecular weight is 284 g/mol. The van der Waals surface area contributed by atoms with Crippen molar-refractivity contribution >= 4 is 0 Å². The van der Waals surface area contributed by atoms with Gasteiger partial charge in [-0.1, -0.05) is 33.6 Å². The highest BCUT2D eigenvalue weighted by Crippen LogP contribution is 2.40. The third-order valence-electron chi connectivity index (χ3n) is 4.91. The Balaban J connectivity index is 2.71. The van der Waals surface area contributed by atoms with Crippen LogP contribution in [0.25, 0.3) is 0 Å².